The first-order valence-corrected chi connectivity index (χ1v) is 7.81. The lowest BCUT2D eigenvalue weighted by atomic mass is 10.1. The second-order valence-electron chi connectivity index (χ2n) is 5.37. The monoisotopic (exact) mass is 284 g/mol. The molecular formula is C17H20N2S. The molecule has 0 amide bonds. The molecule has 3 aromatic rings. The second kappa shape index (κ2) is 5.43. The Kier molecular flexibility index (Phi) is 3.64. The molecule has 0 aliphatic heterocycles. The van der Waals surface area contributed by atoms with Gasteiger partial charge in [-0.3, -0.25) is 0 Å². The summed E-state index contributed by atoms with van der Waals surface area (Å²) in [4.78, 5) is 6.04. The van der Waals surface area contributed by atoms with Gasteiger partial charge in [-0.25, -0.2) is 0 Å². The van der Waals surface area contributed by atoms with Crippen LogP contribution in [0.4, 0.5) is 0 Å². The number of hydrogen-bond donors (Lipinski definition) is 2. The van der Waals surface area contributed by atoms with E-state index < -0.39 is 0 Å². The third-order valence-corrected chi connectivity index (χ3v) is 4.76. The van der Waals surface area contributed by atoms with E-state index in [1.54, 1.807) is 0 Å². The molecule has 2 nitrogen and oxygen atoms in total. The highest BCUT2D eigenvalue weighted by Crippen LogP contribution is 2.26. The first kappa shape index (κ1) is 13.4. The second-order valence-corrected chi connectivity index (χ2v) is 6.83. The number of aromatic nitrogens is 1. The highest BCUT2D eigenvalue weighted by Gasteiger charge is 2.10. The van der Waals surface area contributed by atoms with Crippen LogP contribution >= 0.6 is 11.3 Å². The molecule has 3 rings (SSSR count). The summed E-state index contributed by atoms with van der Waals surface area (Å²) in [6.07, 6.45) is 1.99. The highest BCUT2D eigenvalue weighted by molar-refractivity contribution is 7.12. The summed E-state index contributed by atoms with van der Waals surface area (Å²) < 4.78 is 0. The summed E-state index contributed by atoms with van der Waals surface area (Å²) in [6.45, 7) is 7.52. The molecule has 0 bridgehead atoms. The number of nitrogens with one attached hydrogen (secondary N) is 2. The van der Waals surface area contributed by atoms with E-state index in [1.165, 1.54) is 31.8 Å². The summed E-state index contributed by atoms with van der Waals surface area (Å²) in [5.74, 6) is 0. The molecule has 0 fully saturated rings. The highest BCUT2D eigenvalue weighted by atomic mass is 32.1. The van der Waals surface area contributed by atoms with E-state index in [4.69, 9.17) is 0 Å². The Bertz CT molecular complexity index is 724. The van der Waals surface area contributed by atoms with Crippen molar-refractivity contribution in [1.29, 1.82) is 0 Å². The van der Waals surface area contributed by atoms with Crippen LogP contribution in [0.5, 0.6) is 0 Å². The number of H-pyrrole nitrogens is 1. The predicted molar refractivity (Wildman–Crippen MR) is 87.3 cm³/mol. The van der Waals surface area contributed by atoms with Gasteiger partial charge in [0, 0.05) is 34.1 Å². The van der Waals surface area contributed by atoms with Crippen LogP contribution in [0.1, 0.15) is 33.8 Å². The number of aromatic amines is 1. The maximum atomic E-state index is 3.62. The molecule has 2 N–H and O–H groups in total. The van der Waals surface area contributed by atoms with Crippen LogP contribution in [0.15, 0.2) is 36.5 Å². The van der Waals surface area contributed by atoms with Crippen molar-refractivity contribution in [2.24, 2.45) is 0 Å². The lowest BCUT2D eigenvalue weighted by Crippen LogP contribution is -2.18. The van der Waals surface area contributed by atoms with E-state index in [0.29, 0.717) is 6.04 Å². The van der Waals surface area contributed by atoms with Gasteiger partial charge in [0.25, 0.3) is 0 Å². The fourth-order valence-corrected chi connectivity index (χ4v) is 3.70. The van der Waals surface area contributed by atoms with Crippen LogP contribution in [0.2, 0.25) is 0 Å². The molecule has 2 aromatic heterocycles. The zero-order valence-corrected chi connectivity index (χ0v) is 13.0. The minimum Gasteiger partial charge on any atom is -0.361 e. The van der Waals surface area contributed by atoms with Gasteiger partial charge < -0.3 is 10.3 Å². The largest absolute Gasteiger partial charge is 0.361 e. The van der Waals surface area contributed by atoms with Gasteiger partial charge in [0.2, 0.25) is 0 Å². The molecule has 2 heterocycles. The van der Waals surface area contributed by atoms with Crippen LogP contribution in [-0.4, -0.2) is 4.98 Å². The Morgan fingerprint density at radius 1 is 1.20 bits per heavy atom. The van der Waals surface area contributed by atoms with Crippen LogP contribution < -0.4 is 5.32 Å². The van der Waals surface area contributed by atoms with Gasteiger partial charge in [0.15, 0.2) is 0 Å². The molecule has 20 heavy (non-hydrogen) atoms. The first-order valence-electron chi connectivity index (χ1n) is 7.00. The Morgan fingerprint density at radius 3 is 2.80 bits per heavy atom. The minimum atomic E-state index is 0.391. The van der Waals surface area contributed by atoms with Gasteiger partial charge in [-0.2, -0.15) is 0 Å². The van der Waals surface area contributed by atoms with E-state index in [1.807, 2.05) is 17.5 Å². The van der Waals surface area contributed by atoms with Crippen LogP contribution in [0.3, 0.4) is 0 Å². The lowest BCUT2D eigenvalue weighted by molar-refractivity contribution is 0.574. The molecule has 0 aliphatic rings. The fraction of sp³-hybridized carbons (Fsp3) is 0.294. The number of fused-ring (bicyclic) bond motifs is 1. The smallest absolute Gasteiger partial charge is 0.0454 e. The minimum absolute atomic E-state index is 0.391. The van der Waals surface area contributed by atoms with Crippen molar-refractivity contribution in [1.82, 2.24) is 10.3 Å². The molecule has 1 unspecified atom stereocenters. The van der Waals surface area contributed by atoms with Gasteiger partial charge in [-0.05, 0) is 61.5 Å². The van der Waals surface area contributed by atoms with Crippen molar-refractivity contribution in [2.45, 2.75) is 33.4 Å². The summed E-state index contributed by atoms with van der Waals surface area (Å²) in [7, 11) is 0. The number of aryl methyl sites for hydroxylation is 2. The third-order valence-electron chi connectivity index (χ3n) is 3.78. The summed E-state index contributed by atoms with van der Waals surface area (Å²) >= 11 is 1.88. The molecule has 1 aromatic carbocycles. The van der Waals surface area contributed by atoms with Crippen molar-refractivity contribution in [2.75, 3.05) is 0 Å². The van der Waals surface area contributed by atoms with Crippen LogP contribution in [0.25, 0.3) is 10.9 Å². The summed E-state index contributed by atoms with van der Waals surface area (Å²) in [5.41, 5.74) is 3.95. The molecule has 0 spiro atoms. The van der Waals surface area contributed by atoms with E-state index in [2.05, 4.69) is 61.4 Å². The maximum absolute atomic E-state index is 3.62. The molecule has 1 atom stereocenters. The number of benzene rings is 1. The average Bonchev–Trinajstić information content (AvgIpc) is 3.01. The Hall–Kier alpha value is -1.58. The molecule has 0 aliphatic carbocycles. The van der Waals surface area contributed by atoms with Crippen molar-refractivity contribution in [3.63, 3.8) is 0 Å². The molecule has 0 saturated heterocycles. The molecule has 0 radical (unpaired) electrons. The van der Waals surface area contributed by atoms with E-state index in [-0.39, 0.29) is 0 Å². The normalized spacial score (nSPS) is 12.9. The van der Waals surface area contributed by atoms with Gasteiger partial charge in [-0.1, -0.05) is 6.07 Å². The third kappa shape index (κ3) is 2.65. The predicted octanol–water partition coefficient (Wildman–Crippen LogP) is 4.70. The van der Waals surface area contributed by atoms with E-state index >= 15 is 0 Å². The molecule has 0 saturated carbocycles. The van der Waals surface area contributed by atoms with E-state index in [9.17, 15) is 0 Å². The molecule has 104 valence electrons. The topological polar surface area (TPSA) is 27.8 Å². The zero-order chi connectivity index (χ0) is 14.1. The van der Waals surface area contributed by atoms with Gasteiger partial charge >= 0.3 is 0 Å². The first-order chi connectivity index (χ1) is 9.63. The molecular weight excluding hydrogens is 264 g/mol. The quantitative estimate of drug-likeness (QED) is 0.714. The van der Waals surface area contributed by atoms with Crippen molar-refractivity contribution in [3.05, 3.63) is 57.4 Å². The molecule has 3 heteroatoms. The number of thiophene rings is 1. The van der Waals surface area contributed by atoms with Crippen LogP contribution in [-0.2, 0) is 6.54 Å². The summed E-state index contributed by atoms with van der Waals surface area (Å²) in [5, 5.41) is 4.90. The lowest BCUT2D eigenvalue weighted by Gasteiger charge is -2.14. The van der Waals surface area contributed by atoms with Gasteiger partial charge in [-0.15, -0.1) is 11.3 Å². The standard InChI is InChI=1S/C17H20N2S/c1-11-8-16(13(3)20-11)12(2)19-10-14-4-5-17-15(9-14)6-7-18-17/h4-9,12,18-19H,10H2,1-3H3. The Morgan fingerprint density at radius 2 is 2.05 bits per heavy atom. The SMILES string of the molecule is Cc1cc(C(C)NCc2ccc3[nH]ccc3c2)c(C)s1. The van der Waals surface area contributed by atoms with Gasteiger partial charge in [0.1, 0.15) is 0 Å². The number of rotatable bonds is 4. The average molecular weight is 284 g/mol. The van der Waals surface area contributed by atoms with Crippen LogP contribution in [0, 0.1) is 13.8 Å². The fourth-order valence-electron chi connectivity index (χ4n) is 2.67. The maximum Gasteiger partial charge on any atom is 0.0454 e. The Balaban J connectivity index is 1.70. The van der Waals surface area contributed by atoms with Crippen molar-refractivity contribution in [3.8, 4) is 0 Å². The van der Waals surface area contributed by atoms with Gasteiger partial charge in [0.05, 0.1) is 0 Å². The van der Waals surface area contributed by atoms with Crippen molar-refractivity contribution >= 4 is 22.2 Å². The zero-order valence-electron chi connectivity index (χ0n) is 12.2. The summed E-state index contributed by atoms with van der Waals surface area (Å²) in [6, 6.07) is 11.4. The Labute approximate surface area is 123 Å². The van der Waals surface area contributed by atoms with Crippen molar-refractivity contribution < 1.29 is 0 Å². The van der Waals surface area contributed by atoms with E-state index in [0.717, 1.165) is 6.54 Å². The number of hydrogen-bond acceptors (Lipinski definition) is 2.